The van der Waals surface area contributed by atoms with Gasteiger partial charge >= 0.3 is 0 Å². The fourth-order valence-corrected chi connectivity index (χ4v) is 4.47. The van der Waals surface area contributed by atoms with Crippen molar-refractivity contribution in [2.75, 3.05) is 12.9 Å². The molecule has 0 aliphatic heterocycles. The molecule has 0 spiro atoms. The number of benzene rings is 2. The molecule has 156 valence electrons. The molecule has 0 saturated heterocycles. The summed E-state index contributed by atoms with van der Waals surface area (Å²) in [5, 5.41) is 13.2. The van der Waals surface area contributed by atoms with Gasteiger partial charge in [-0.3, -0.25) is 9.36 Å². The lowest BCUT2D eigenvalue weighted by atomic mass is 10.2. The van der Waals surface area contributed by atoms with Gasteiger partial charge in [0.25, 0.3) is 0 Å². The first-order chi connectivity index (χ1) is 14.6. The van der Waals surface area contributed by atoms with Gasteiger partial charge in [0, 0.05) is 22.3 Å². The molecule has 0 unspecified atom stereocenters. The van der Waals surface area contributed by atoms with Crippen molar-refractivity contribution in [1.82, 2.24) is 20.1 Å². The van der Waals surface area contributed by atoms with Crippen LogP contribution in [0.4, 0.5) is 0 Å². The van der Waals surface area contributed by atoms with Crippen molar-refractivity contribution >= 4 is 29.3 Å². The minimum absolute atomic E-state index is 0.0311. The third-order valence-corrected chi connectivity index (χ3v) is 6.30. The molecule has 8 heteroatoms. The first kappa shape index (κ1) is 20.8. The average molecular weight is 443 g/mol. The molecule has 1 amide bonds. The maximum Gasteiger partial charge on any atom is 0.230 e. The molecular formula is C22H23ClN4O2S. The van der Waals surface area contributed by atoms with E-state index in [-0.39, 0.29) is 5.91 Å². The largest absolute Gasteiger partial charge is 0.497 e. The predicted octanol–water partition coefficient (Wildman–Crippen LogP) is 4.75. The molecule has 0 atom stereocenters. The van der Waals surface area contributed by atoms with Crippen molar-refractivity contribution < 1.29 is 9.53 Å². The lowest BCUT2D eigenvalue weighted by molar-refractivity contribution is -0.119. The zero-order valence-corrected chi connectivity index (χ0v) is 18.2. The van der Waals surface area contributed by atoms with Crippen LogP contribution in [0.15, 0.2) is 53.7 Å². The molecule has 0 radical (unpaired) electrons. The Labute approximate surface area is 185 Å². The first-order valence-electron chi connectivity index (χ1n) is 9.92. The summed E-state index contributed by atoms with van der Waals surface area (Å²) in [4.78, 5) is 12.4. The van der Waals surface area contributed by atoms with Gasteiger partial charge in [0.15, 0.2) is 11.0 Å². The normalized spacial score (nSPS) is 14.1. The molecule has 30 heavy (non-hydrogen) atoms. The Hall–Kier alpha value is -2.51. The number of rotatable bonds is 7. The van der Waals surface area contributed by atoms with Gasteiger partial charge in [-0.25, -0.2) is 0 Å². The number of amides is 1. The SMILES string of the molecule is COc1ccc(-c2nnc(SCC(=O)NC3CCCC3)n2-c2ccc(Cl)cc2)cc1. The topological polar surface area (TPSA) is 69.0 Å². The van der Waals surface area contributed by atoms with E-state index in [2.05, 4.69) is 15.5 Å². The van der Waals surface area contributed by atoms with Crippen molar-refractivity contribution in [1.29, 1.82) is 0 Å². The Morgan fingerprint density at radius 1 is 1.13 bits per heavy atom. The summed E-state index contributed by atoms with van der Waals surface area (Å²) >= 11 is 7.45. The molecule has 1 heterocycles. The molecule has 3 aromatic rings. The van der Waals surface area contributed by atoms with Crippen LogP contribution in [0.1, 0.15) is 25.7 Å². The number of carbonyl (C=O) groups excluding carboxylic acids is 1. The number of thioether (sulfide) groups is 1. The Morgan fingerprint density at radius 2 is 1.83 bits per heavy atom. The Morgan fingerprint density at radius 3 is 2.50 bits per heavy atom. The zero-order chi connectivity index (χ0) is 20.9. The molecule has 1 N–H and O–H groups in total. The van der Waals surface area contributed by atoms with Gasteiger partial charge < -0.3 is 10.1 Å². The summed E-state index contributed by atoms with van der Waals surface area (Å²) in [6, 6.07) is 15.5. The first-order valence-corrected chi connectivity index (χ1v) is 11.3. The highest BCUT2D eigenvalue weighted by Crippen LogP contribution is 2.29. The number of aromatic nitrogens is 3. The van der Waals surface area contributed by atoms with E-state index in [0.717, 1.165) is 29.8 Å². The summed E-state index contributed by atoms with van der Waals surface area (Å²) in [5.74, 6) is 1.79. The van der Waals surface area contributed by atoms with Gasteiger partial charge in [-0.1, -0.05) is 36.2 Å². The van der Waals surface area contributed by atoms with Crippen LogP contribution >= 0.6 is 23.4 Å². The summed E-state index contributed by atoms with van der Waals surface area (Å²) in [7, 11) is 1.64. The van der Waals surface area contributed by atoms with Crippen LogP contribution in [0.25, 0.3) is 17.1 Å². The third kappa shape index (κ3) is 4.79. The number of carbonyl (C=O) groups is 1. The van der Waals surface area contributed by atoms with Crippen molar-refractivity contribution in [3.05, 3.63) is 53.6 Å². The maximum atomic E-state index is 12.4. The molecule has 1 fully saturated rings. The van der Waals surface area contributed by atoms with Crippen molar-refractivity contribution in [3.8, 4) is 22.8 Å². The lowest BCUT2D eigenvalue weighted by Crippen LogP contribution is -2.33. The Bertz CT molecular complexity index is 999. The molecule has 1 aliphatic rings. The standard InChI is InChI=1S/C22H23ClN4O2S/c1-29-19-12-6-15(7-13-19)21-25-26-22(27(21)18-10-8-16(23)9-11-18)30-14-20(28)24-17-4-2-3-5-17/h6-13,17H,2-5,14H2,1H3,(H,24,28). The van der Waals surface area contributed by atoms with Crippen LogP contribution in [0.5, 0.6) is 5.75 Å². The van der Waals surface area contributed by atoms with E-state index >= 15 is 0 Å². The maximum absolute atomic E-state index is 12.4. The van der Waals surface area contributed by atoms with Crippen molar-refractivity contribution in [2.24, 2.45) is 0 Å². The highest BCUT2D eigenvalue weighted by Gasteiger charge is 2.20. The smallest absolute Gasteiger partial charge is 0.230 e. The molecule has 6 nitrogen and oxygen atoms in total. The van der Waals surface area contributed by atoms with E-state index in [1.165, 1.54) is 24.6 Å². The van der Waals surface area contributed by atoms with Gasteiger partial charge in [-0.2, -0.15) is 0 Å². The number of nitrogens with one attached hydrogen (secondary N) is 1. The molecule has 2 aromatic carbocycles. The molecule has 1 saturated carbocycles. The molecule has 0 bridgehead atoms. The van der Waals surface area contributed by atoms with Crippen LogP contribution in [0.2, 0.25) is 5.02 Å². The number of halogens is 1. The molecule has 4 rings (SSSR count). The summed E-state index contributed by atoms with van der Waals surface area (Å²) in [6.45, 7) is 0. The van der Waals surface area contributed by atoms with Crippen molar-refractivity contribution in [3.63, 3.8) is 0 Å². The van der Waals surface area contributed by atoms with Gasteiger partial charge in [-0.05, 0) is 61.4 Å². The van der Waals surface area contributed by atoms with Crippen LogP contribution in [0.3, 0.4) is 0 Å². The van der Waals surface area contributed by atoms with Gasteiger partial charge in [0.05, 0.1) is 12.9 Å². The summed E-state index contributed by atoms with van der Waals surface area (Å²) in [6.07, 6.45) is 4.51. The lowest BCUT2D eigenvalue weighted by Gasteiger charge is -2.13. The minimum Gasteiger partial charge on any atom is -0.497 e. The Balaban J connectivity index is 1.60. The highest BCUT2D eigenvalue weighted by molar-refractivity contribution is 7.99. The second-order valence-electron chi connectivity index (χ2n) is 7.18. The van der Waals surface area contributed by atoms with E-state index < -0.39 is 0 Å². The van der Waals surface area contributed by atoms with Crippen LogP contribution in [0, 0.1) is 0 Å². The zero-order valence-electron chi connectivity index (χ0n) is 16.7. The fourth-order valence-electron chi connectivity index (χ4n) is 3.58. The van der Waals surface area contributed by atoms with E-state index in [1.54, 1.807) is 7.11 Å². The van der Waals surface area contributed by atoms with Crippen LogP contribution in [-0.2, 0) is 4.79 Å². The molecule has 1 aliphatic carbocycles. The van der Waals surface area contributed by atoms with Gasteiger partial charge in [0.2, 0.25) is 5.91 Å². The predicted molar refractivity (Wildman–Crippen MR) is 119 cm³/mol. The number of methoxy groups -OCH3 is 1. The second-order valence-corrected chi connectivity index (χ2v) is 8.56. The number of nitrogens with zero attached hydrogens (tertiary/aromatic N) is 3. The van der Waals surface area contributed by atoms with Crippen molar-refractivity contribution in [2.45, 2.75) is 36.9 Å². The molecular weight excluding hydrogens is 420 g/mol. The van der Waals surface area contributed by atoms with E-state index in [1.807, 2.05) is 53.1 Å². The molecule has 1 aromatic heterocycles. The van der Waals surface area contributed by atoms with E-state index in [9.17, 15) is 4.79 Å². The van der Waals surface area contributed by atoms with Crippen LogP contribution < -0.4 is 10.1 Å². The monoisotopic (exact) mass is 442 g/mol. The summed E-state index contributed by atoms with van der Waals surface area (Å²) in [5.41, 5.74) is 1.79. The number of ether oxygens (including phenoxy) is 1. The van der Waals surface area contributed by atoms with Gasteiger partial charge in [-0.15, -0.1) is 10.2 Å². The number of hydrogen-bond donors (Lipinski definition) is 1. The summed E-state index contributed by atoms with van der Waals surface area (Å²) < 4.78 is 7.20. The van der Waals surface area contributed by atoms with E-state index in [4.69, 9.17) is 16.3 Å². The fraction of sp³-hybridized carbons (Fsp3) is 0.318. The van der Waals surface area contributed by atoms with Crippen LogP contribution in [-0.4, -0.2) is 39.6 Å². The quantitative estimate of drug-likeness (QED) is 0.535. The Kier molecular flexibility index (Phi) is 6.59. The number of hydrogen-bond acceptors (Lipinski definition) is 5. The minimum atomic E-state index is 0.0311. The average Bonchev–Trinajstić information content (AvgIpc) is 3.43. The highest BCUT2D eigenvalue weighted by atomic mass is 35.5. The van der Waals surface area contributed by atoms with Gasteiger partial charge in [0.1, 0.15) is 5.75 Å². The van der Waals surface area contributed by atoms with E-state index in [0.29, 0.717) is 27.8 Å². The third-order valence-electron chi connectivity index (χ3n) is 5.12. The second kappa shape index (κ2) is 9.53.